The molecule has 0 spiro atoms. The van der Waals surface area contributed by atoms with E-state index in [0.717, 1.165) is 17.7 Å². The summed E-state index contributed by atoms with van der Waals surface area (Å²) < 4.78 is 5.31. The molecule has 2 aromatic rings. The first-order chi connectivity index (χ1) is 9.70. The predicted molar refractivity (Wildman–Crippen MR) is 83.1 cm³/mol. The average Bonchev–Trinajstić information content (AvgIpc) is 2.48. The van der Waals surface area contributed by atoms with Crippen molar-refractivity contribution < 1.29 is 4.74 Å². The van der Waals surface area contributed by atoms with Crippen LogP contribution in [0.25, 0.3) is 0 Å². The van der Waals surface area contributed by atoms with E-state index in [1.807, 2.05) is 24.3 Å². The summed E-state index contributed by atoms with van der Waals surface area (Å²) in [5, 5.41) is 3.15. The monoisotopic (exact) mass is 288 g/mol. The molecule has 0 atom stereocenters. The summed E-state index contributed by atoms with van der Waals surface area (Å²) in [5.41, 5.74) is 7.23. The number of nitrogens with two attached hydrogens (primary N) is 1. The number of anilines is 1. The molecule has 20 heavy (non-hydrogen) atoms. The van der Waals surface area contributed by atoms with Crippen LogP contribution in [0.15, 0.2) is 36.5 Å². The lowest BCUT2D eigenvalue weighted by atomic mass is 10.1. The van der Waals surface area contributed by atoms with Gasteiger partial charge in [-0.15, -0.1) is 0 Å². The SMILES string of the molecule is COc1ccccc1CCNc1nccc(C(N)=S)n1. The molecule has 5 nitrogen and oxygen atoms in total. The van der Waals surface area contributed by atoms with Gasteiger partial charge < -0.3 is 15.8 Å². The smallest absolute Gasteiger partial charge is 0.223 e. The molecule has 0 fully saturated rings. The number of nitrogens with one attached hydrogen (secondary N) is 1. The molecule has 0 amide bonds. The second kappa shape index (κ2) is 6.81. The van der Waals surface area contributed by atoms with Crippen LogP contribution in [-0.4, -0.2) is 28.6 Å². The first-order valence-electron chi connectivity index (χ1n) is 6.19. The molecule has 0 radical (unpaired) electrons. The molecule has 0 saturated carbocycles. The summed E-state index contributed by atoms with van der Waals surface area (Å²) in [6, 6.07) is 9.60. The highest BCUT2D eigenvalue weighted by molar-refractivity contribution is 7.80. The number of benzene rings is 1. The van der Waals surface area contributed by atoms with Crippen LogP contribution < -0.4 is 15.8 Å². The number of para-hydroxylation sites is 1. The normalized spacial score (nSPS) is 10.1. The molecule has 104 valence electrons. The van der Waals surface area contributed by atoms with Crippen LogP contribution in [0.1, 0.15) is 11.3 Å². The fourth-order valence-corrected chi connectivity index (χ4v) is 1.91. The van der Waals surface area contributed by atoms with Crippen molar-refractivity contribution in [3.63, 3.8) is 0 Å². The zero-order valence-corrected chi connectivity index (χ0v) is 12.0. The Balaban J connectivity index is 1.96. The zero-order valence-electron chi connectivity index (χ0n) is 11.2. The Labute approximate surface area is 123 Å². The first-order valence-corrected chi connectivity index (χ1v) is 6.60. The molecule has 2 rings (SSSR count). The Morgan fingerprint density at radius 3 is 2.90 bits per heavy atom. The van der Waals surface area contributed by atoms with E-state index < -0.39 is 0 Å². The van der Waals surface area contributed by atoms with Gasteiger partial charge in [-0.3, -0.25) is 0 Å². The Morgan fingerprint density at radius 1 is 1.35 bits per heavy atom. The third kappa shape index (κ3) is 3.64. The third-order valence-corrected chi connectivity index (χ3v) is 2.99. The fourth-order valence-electron chi connectivity index (χ4n) is 1.80. The Hall–Kier alpha value is -2.21. The van der Waals surface area contributed by atoms with Gasteiger partial charge in [-0.2, -0.15) is 0 Å². The maximum atomic E-state index is 5.54. The molecule has 0 saturated heterocycles. The van der Waals surface area contributed by atoms with Crippen molar-refractivity contribution in [3.05, 3.63) is 47.8 Å². The average molecular weight is 288 g/mol. The van der Waals surface area contributed by atoms with E-state index in [0.29, 0.717) is 18.2 Å². The van der Waals surface area contributed by atoms with Gasteiger partial charge in [0.15, 0.2) is 0 Å². The van der Waals surface area contributed by atoms with E-state index in [-0.39, 0.29) is 4.99 Å². The predicted octanol–water partition coefficient (Wildman–Crippen LogP) is 1.77. The first kappa shape index (κ1) is 14.2. The molecular formula is C14H16N4OS. The van der Waals surface area contributed by atoms with Gasteiger partial charge >= 0.3 is 0 Å². The molecular weight excluding hydrogens is 272 g/mol. The standard InChI is InChI=1S/C14H16N4OS/c1-19-12-5-3-2-4-10(12)6-8-16-14-17-9-7-11(18-14)13(15)20/h2-5,7,9H,6,8H2,1H3,(H2,15,20)(H,16,17,18). The lowest BCUT2D eigenvalue weighted by Gasteiger charge is -2.09. The minimum atomic E-state index is 0.264. The van der Waals surface area contributed by atoms with E-state index >= 15 is 0 Å². The van der Waals surface area contributed by atoms with Crippen LogP contribution >= 0.6 is 12.2 Å². The molecule has 1 aromatic carbocycles. The van der Waals surface area contributed by atoms with E-state index in [2.05, 4.69) is 15.3 Å². The number of methoxy groups -OCH3 is 1. The molecule has 0 aliphatic carbocycles. The molecule has 0 aliphatic heterocycles. The van der Waals surface area contributed by atoms with Gasteiger partial charge in [-0.25, -0.2) is 9.97 Å². The van der Waals surface area contributed by atoms with E-state index in [1.54, 1.807) is 19.4 Å². The Bertz CT molecular complexity index is 603. The van der Waals surface area contributed by atoms with Crippen molar-refractivity contribution in [2.24, 2.45) is 5.73 Å². The molecule has 3 N–H and O–H groups in total. The van der Waals surface area contributed by atoms with Crippen molar-refractivity contribution in [1.82, 2.24) is 9.97 Å². The van der Waals surface area contributed by atoms with Crippen LogP contribution in [-0.2, 0) is 6.42 Å². The van der Waals surface area contributed by atoms with Gasteiger partial charge in [0.2, 0.25) is 5.95 Å². The molecule has 1 heterocycles. The number of nitrogens with zero attached hydrogens (tertiary/aromatic N) is 2. The summed E-state index contributed by atoms with van der Waals surface area (Å²) in [5.74, 6) is 1.40. The van der Waals surface area contributed by atoms with Crippen LogP contribution in [0.4, 0.5) is 5.95 Å². The van der Waals surface area contributed by atoms with Gasteiger partial charge in [-0.05, 0) is 24.1 Å². The minimum Gasteiger partial charge on any atom is -0.496 e. The summed E-state index contributed by atoms with van der Waals surface area (Å²) in [4.78, 5) is 8.62. The largest absolute Gasteiger partial charge is 0.496 e. The molecule has 0 aliphatic rings. The van der Waals surface area contributed by atoms with Crippen LogP contribution in [0.5, 0.6) is 5.75 Å². The number of ether oxygens (including phenoxy) is 1. The second-order valence-corrected chi connectivity index (χ2v) is 4.56. The Morgan fingerprint density at radius 2 is 2.15 bits per heavy atom. The van der Waals surface area contributed by atoms with E-state index in [4.69, 9.17) is 22.7 Å². The van der Waals surface area contributed by atoms with E-state index in [9.17, 15) is 0 Å². The number of thiocarbonyl (C=S) groups is 1. The number of hydrogen-bond donors (Lipinski definition) is 2. The van der Waals surface area contributed by atoms with Crippen LogP contribution in [0.2, 0.25) is 0 Å². The molecule has 6 heteroatoms. The summed E-state index contributed by atoms with van der Waals surface area (Å²) in [6.45, 7) is 0.696. The topological polar surface area (TPSA) is 73.1 Å². The van der Waals surface area contributed by atoms with Crippen LogP contribution in [0, 0.1) is 0 Å². The second-order valence-electron chi connectivity index (χ2n) is 4.12. The fraction of sp³-hybridized carbons (Fsp3) is 0.214. The van der Waals surface area contributed by atoms with Crippen molar-refractivity contribution in [2.75, 3.05) is 19.0 Å². The molecule has 1 aromatic heterocycles. The Kier molecular flexibility index (Phi) is 4.84. The summed E-state index contributed by atoms with van der Waals surface area (Å²) in [7, 11) is 1.67. The lowest BCUT2D eigenvalue weighted by molar-refractivity contribution is 0.410. The summed E-state index contributed by atoms with van der Waals surface area (Å²) >= 11 is 4.89. The van der Waals surface area contributed by atoms with E-state index in [1.165, 1.54) is 0 Å². The minimum absolute atomic E-state index is 0.264. The highest BCUT2D eigenvalue weighted by Gasteiger charge is 2.03. The van der Waals surface area contributed by atoms with Crippen molar-refractivity contribution in [3.8, 4) is 5.75 Å². The highest BCUT2D eigenvalue weighted by atomic mass is 32.1. The quantitative estimate of drug-likeness (QED) is 0.789. The zero-order chi connectivity index (χ0) is 14.4. The van der Waals surface area contributed by atoms with Gasteiger partial charge in [0, 0.05) is 12.7 Å². The molecule has 0 bridgehead atoms. The van der Waals surface area contributed by atoms with Gasteiger partial charge in [0.25, 0.3) is 0 Å². The van der Waals surface area contributed by atoms with Crippen molar-refractivity contribution in [2.45, 2.75) is 6.42 Å². The lowest BCUT2D eigenvalue weighted by Crippen LogP contribution is -2.14. The van der Waals surface area contributed by atoms with Gasteiger partial charge in [0.05, 0.1) is 7.11 Å². The number of hydrogen-bond acceptors (Lipinski definition) is 5. The van der Waals surface area contributed by atoms with Gasteiger partial charge in [-0.1, -0.05) is 30.4 Å². The van der Waals surface area contributed by atoms with Crippen molar-refractivity contribution >= 4 is 23.2 Å². The third-order valence-electron chi connectivity index (χ3n) is 2.78. The number of rotatable bonds is 6. The van der Waals surface area contributed by atoms with Crippen LogP contribution in [0.3, 0.4) is 0 Å². The molecule has 0 unspecified atom stereocenters. The highest BCUT2D eigenvalue weighted by Crippen LogP contribution is 2.17. The number of aromatic nitrogens is 2. The maximum Gasteiger partial charge on any atom is 0.223 e. The summed E-state index contributed by atoms with van der Waals surface area (Å²) in [6.07, 6.45) is 2.44. The van der Waals surface area contributed by atoms with Crippen molar-refractivity contribution in [1.29, 1.82) is 0 Å². The maximum absolute atomic E-state index is 5.54. The van der Waals surface area contributed by atoms with Gasteiger partial charge in [0.1, 0.15) is 16.4 Å².